The first-order valence-electron chi connectivity index (χ1n) is 26.3. The summed E-state index contributed by atoms with van der Waals surface area (Å²) in [6.45, 7) is 19.7. The predicted molar refractivity (Wildman–Crippen MR) is 283 cm³/mol. The van der Waals surface area contributed by atoms with Gasteiger partial charge in [0.05, 0.1) is 51.0 Å². The van der Waals surface area contributed by atoms with Crippen LogP contribution in [0.15, 0.2) is 42.5 Å². The van der Waals surface area contributed by atoms with Gasteiger partial charge in [-0.15, -0.1) is 0 Å². The number of aromatic nitrogens is 2. The van der Waals surface area contributed by atoms with E-state index in [1.54, 1.807) is 53.0 Å². The van der Waals surface area contributed by atoms with Crippen LogP contribution >= 0.6 is 0 Å². The van der Waals surface area contributed by atoms with Gasteiger partial charge in [-0.25, -0.2) is 14.3 Å². The molecule has 7 rings (SSSR count). The van der Waals surface area contributed by atoms with Crippen LogP contribution in [-0.2, 0) is 28.5 Å². The van der Waals surface area contributed by atoms with Gasteiger partial charge < -0.3 is 53.8 Å². The summed E-state index contributed by atoms with van der Waals surface area (Å²) in [5, 5.41) is 11.1. The van der Waals surface area contributed by atoms with Crippen LogP contribution in [0.4, 0.5) is 10.5 Å². The first kappa shape index (κ1) is 56.9. The molecule has 0 atom stereocenters. The zero-order valence-corrected chi connectivity index (χ0v) is 46.1. The number of esters is 1. The number of hydrogen-bond acceptors (Lipinski definition) is 13. The summed E-state index contributed by atoms with van der Waals surface area (Å²) in [4.78, 5) is 60.0. The molecule has 1 heterocycles. The van der Waals surface area contributed by atoms with Crippen LogP contribution in [0.25, 0.3) is 16.9 Å². The van der Waals surface area contributed by atoms with Crippen LogP contribution in [0.5, 0.6) is 11.5 Å². The van der Waals surface area contributed by atoms with E-state index < -0.39 is 28.7 Å². The van der Waals surface area contributed by atoms with Crippen molar-refractivity contribution in [3.8, 4) is 28.4 Å². The second-order valence-electron chi connectivity index (χ2n) is 22.7. The van der Waals surface area contributed by atoms with Gasteiger partial charge in [0.2, 0.25) is 5.91 Å². The standard InChI is InChI=1S/C56H85N7O10/c1-37(2)43-34-42(61(10)24-15-22-60(9)23-16-25-62(11)49(64)36-71-28-27-70-26-21-57-53(67)73-55(6,7)8)19-20-45(43)63-46(50-47(68-12)17-14-18-48(50)69-13)35-44(59-63)51(65)58-56(52(66)72-54(3,4)5)40-30-38-29-39(32-40)33-41(56)31-38/h14,17-20,34-35,37-41H,15-16,21-33,36H2,1-13H3,(H,57,67)(H,58,65). The van der Waals surface area contributed by atoms with Crippen LogP contribution in [0, 0.1) is 23.7 Å². The van der Waals surface area contributed by atoms with E-state index in [4.69, 9.17) is 33.5 Å². The fraction of sp³-hybridized carbons (Fsp3) is 0.661. The number of rotatable bonds is 25. The smallest absolute Gasteiger partial charge is 0.407 e. The highest BCUT2D eigenvalue weighted by Crippen LogP contribution is 2.59. The minimum absolute atomic E-state index is 0.000195. The first-order valence-corrected chi connectivity index (χ1v) is 26.3. The van der Waals surface area contributed by atoms with Gasteiger partial charge in [-0.3, -0.25) is 9.59 Å². The van der Waals surface area contributed by atoms with Gasteiger partial charge in [-0.05, 0) is 178 Å². The van der Waals surface area contributed by atoms with Crippen molar-refractivity contribution in [3.63, 3.8) is 0 Å². The van der Waals surface area contributed by atoms with Gasteiger partial charge in [0.1, 0.15) is 34.8 Å². The molecule has 17 nitrogen and oxygen atoms in total. The Morgan fingerprint density at radius 1 is 0.767 bits per heavy atom. The number of nitrogens with one attached hydrogen (secondary N) is 2. The Bertz CT molecular complexity index is 2300. The highest BCUT2D eigenvalue weighted by Gasteiger charge is 2.63. The largest absolute Gasteiger partial charge is 0.496 e. The zero-order chi connectivity index (χ0) is 53.3. The Labute approximate surface area is 434 Å². The van der Waals surface area contributed by atoms with Crippen molar-refractivity contribution in [2.45, 2.75) is 123 Å². The average Bonchev–Trinajstić information content (AvgIpc) is 3.76. The molecule has 4 saturated carbocycles. The number of benzene rings is 2. The predicted octanol–water partition coefficient (Wildman–Crippen LogP) is 8.11. The van der Waals surface area contributed by atoms with Crippen LogP contribution in [-0.4, -0.2) is 155 Å². The van der Waals surface area contributed by atoms with E-state index in [-0.39, 0.29) is 48.5 Å². The summed E-state index contributed by atoms with van der Waals surface area (Å²) in [5.74, 6) is 1.53. The Hall–Kier alpha value is -5.39. The van der Waals surface area contributed by atoms with Crippen molar-refractivity contribution >= 4 is 29.6 Å². The number of methoxy groups -OCH3 is 2. The van der Waals surface area contributed by atoms with Crippen molar-refractivity contribution in [1.82, 2.24) is 30.2 Å². The molecular formula is C56H85N7O10. The molecule has 1 aromatic heterocycles. The molecular weight excluding hydrogens is 931 g/mol. The SMILES string of the molecule is COc1cccc(OC)c1-c1cc(C(=O)NC2(C(=O)OC(C)(C)C)C3CC4CC(C3)CC2C4)nn1-c1ccc(N(C)CCCN(C)CCCN(C)C(=O)COCCOCCNC(=O)OC(C)(C)C)cc1C(C)C. The molecule has 2 N–H and O–H groups in total. The van der Waals surface area contributed by atoms with E-state index in [1.165, 1.54) is 6.42 Å². The molecule has 0 aliphatic heterocycles. The number of amides is 3. The molecule has 4 aliphatic rings. The zero-order valence-electron chi connectivity index (χ0n) is 46.1. The maximum atomic E-state index is 14.9. The van der Waals surface area contributed by atoms with E-state index >= 15 is 0 Å². The van der Waals surface area contributed by atoms with Gasteiger partial charge in [-0.2, -0.15) is 5.10 Å². The van der Waals surface area contributed by atoms with Crippen molar-refractivity contribution < 1.29 is 47.6 Å². The van der Waals surface area contributed by atoms with Crippen molar-refractivity contribution in [2.24, 2.45) is 23.7 Å². The number of likely N-dealkylation sites (N-methyl/N-ethyl adjacent to an activating group) is 1. The summed E-state index contributed by atoms with van der Waals surface area (Å²) >= 11 is 0. The lowest BCUT2D eigenvalue weighted by Crippen LogP contribution is -2.71. The minimum atomic E-state index is -1.13. The highest BCUT2D eigenvalue weighted by molar-refractivity contribution is 5.98. The normalized spacial score (nSPS) is 20.3. The molecule has 4 aliphatic carbocycles. The number of hydrogen-bond donors (Lipinski definition) is 2. The maximum Gasteiger partial charge on any atom is 0.407 e. The van der Waals surface area contributed by atoms with E-state index in [0.717, 1.165) is 75.1 Å². The van der Waals surface area contributed by atoms with Crippen molar-refractivity contribution in [3.05, 3.63) is 53.7 Å². The number of anilines is 1. The third-order valence-electron chi connectivity index (χ3n) is 14.4. The van der Waals surface area contributed by atoms with Gasteiger partial charge in [-0.1, -0.05) is 19.9 Å². The fourth-order valence-electron chi connectivity index (χ4n) is 11.1. The average molecular weight is 1020 g/mol. The lowest BCUT2D eigenvalue weighted by molar-refractivity contribution is -0.180. The molecule has 0 unspecified atom stereocenters. The summed E-state index contributed by atoms with van der Waals surface area (Å²) in [6.07, 6.45) is 6.07. The first-order chi connectivity index (χ1) is 34.5. The highest BCUT2D eigenvalue weighted by atomic mass is 16.6. The molecule has 17 heteroatoms. The molecule has 0 radical (unpaired) electrons. The molecule has 4 fully saturated rings. The Morgan fingerprint density at radius 2 is 1.37 bits per heavy atom. The Kier molecular flexibility index (Phi) is 19.3. The van der Waals surface area contributed by atoms with Crippen LogP contribution < -0.4 is 25.0 Å². The van der Waals surface area contributed by atoms with E-state index in [0.29, 0.717) is 60.9 Å². The molecule has 0 saturated heterocycles. The van der Waals surface area contributed by atoms with E-state index in [2.05, 4.69) is 66.6 Å². The third-order valence-corrected chi connectivity index (χ3v) is 14.4. The Balaban J connectivity index is 1.08. The number of carbonyl (C=O) groups excluding carboxylic acids is 4. The molecule has 3 aromatic rings. The van der Waals surface area contributed by atoms with Gasteiger partial charge in [0.15, 0.2) is 5.69 Å². The maximum absolute atomic E-state index is 14.9. The second kappa shape index (κ2) is 24.8. The fourth-order valence-corrected chi connectivity index (χ4v) is 11.1. The topological polar surface area (TPSA) is 175 Å². The second-order valence-corrected chi connectivity index (χ2v) is 22.7. The monoisotopic (exact) mass is 1020 g/mol. The number of carbonyl (C=O) groups is 4. The minimum Gasteiger partial charge on any atom is -0.496 e. The van der Waals surface area contributed by atoms with Crippen LogP contribution in [0.2, 0.25) is 0 Å². The quantitative estimate of drug-likeness (QED) is 0.0616. The number of nitrogens with zero attached hydrogens (tertiary/aromatic N) is 5. The third kappa shape index (κ3) is 14.7. The Morgan fingerprint density at radius 3 is 1.96 bits per heavy atom. The summed E-state index contributed by atoms with van der Waals surface area (Å²) in [7, 11) is 9.23. The molecule has 2 aromatic carbocycles. The van der Waals surface area contributed by atoms with E-state index in [9.17, 15) is 19.2 Å². The molecule has 3 amide bonds. The number of alkyl carbamates (subject to hydrolysis) is 1. The molecule has 404 valence electrons. The summed E-state index contributed by atoms with van der Waals surface area (Å²) < 4.78 is 36.0. The van der Waals surface area contributed by atoms with Crippen LogP contribution in [0.3, 0.4) is 0 Å². The van der Waals surface area contributed by atoms with Crippen molar-refractivity contribution in [1.29, 1.82) is 0 Å². The molecule has 73 heavy (non-hydrogen) atoms. The van der Waals surface area contributed by atoms with Crippen LogP contribution in [0.1, 0.15) is 122 Å². The molecule has 4 bridgehead atoms. The lowest BCUT2D eigenvalue weighted by Gasteiger charge is -2.59. The van der Waals surface area contributed by atoms with Crippen molar-refractivity contribution in [2.75, 3.05) is 99.4 Å². The summed E-state index contributed by atoms with van der Waals surface area (Å²) in [6, 6.07) is 13.8. The van der Waals surface area contributed by atoms with Gasteiger partial charge in [0.25, 0.3) is 5.91 Å². The van der Waals surface area contributed by atoms with Gasteiger partial charge in [0, 0.05) is 39.4 Å². The van der Waals surface area contributed by atoms with E-state index in [1.807, 2.05) is 43.7 Å². The molecule has 0 spiro atoms. The lowest BCUT2D eigenvalue weighted by atomic mass is 9.48. The number of ether oxygens (including phenoxy) is 6. The summed E-state index contributed by atoms with van der Waals surface area (Å²) in [5.41, 5.74) is 1.98. The van der Waals surface area contributed by atoms with Gasteiger partial charge >= 0.3 is 12.1 Å².